The van der Waals surface area contributed by atoms with Crippen LogP contribution in [0, 0.1) is 20.8 Å². The largest absolute Gasteiger partial charge is 0.261 e. The van der Waals surface area contributed by atoms with E-state index < -0.39 is 0 Å². The molecular formula is C29H44N2. The quantitative estimate of drug-likeness (QED) is 0.423. The summed E-state index contributed by atoms with van der Waals surface area (Å²) in [4.78, 5) is 8.48. The van der Waals surface area contributed by atoms with Crippen molar-refractivity contribution in [2.75, 3.05) is 0 Å². The van der Waals surface area contributed by atoms with Crippen LogP contribution < -0.4 is 0 Å². The molecule has 0 radical (unpaired) electrons. The monoisotopic (exact) mass is 420 g/mol. The summed E-state index contributed by atoms with van der Waals surface area (Å²) in [7, 11) is 0. The lowest BCUT2D eigenvalue weighted by Gasteiger charge is -2.03. The molecule has 0 unspecified atom stereocenters. The maximum absolute atomic E-state index is 4.28. The number of hydrogen-bond donors (Lipinski definition) is 0. The van der Waals surface area contributed by atoms with E-state index in [1.54, 1.807) is 0 Å². The normalized spacial score (nSPS) is 10.1. The maximum Gasteiger partial charge on any atom is 0.0429 e. The average Bonchev–Trinajstić information content (AvgIpc) is 2.70. The van der Waals surface area contributed by atoms with Gasteiger partial charge in [0.2, 0.25) is 0 Å². The Bertz CT molecular complexity index is 710. The molecule has 0 aliphatic rings. The minimum atomic E-state index is 0. The SMILES string of the molecule is C.Cc1ccc(C(C)C)cc1.Cc1ccc(C(C)C)cn1.Cc1ccc(C(C)C)nc1. The topological polar surface area (TPSA) is 25.8 Å². The number of benzene rings is 1. The molecule has 2 aromatic heterocycles. The summed E-state index contributed by atoms with van der Waals surface area (Å²) in [6.07, 6.45) is 3.86. The van der Waals surface area contributed by atoms with Crippen molar-refractivity contribution in [1.82, 2.24) is 9.97 Å². The second-order valence-corrected chi connectivity index (χ2v) is 8.87. The predicted molar refractivity (Wildman–Crippen MR) is 138 cm³/mol. The lowest BCUT2D eigenvalue weighted by atomic mass is 10.0. The minimum absolute atomic E-state index is 0. The van der Waals surface area contributed by atoms with E-state index in [0.717, 1.165) is 5.69 Å². The van der Waals surface area contributed by atoms with E-state index >= 15 is 0 Å². The van der Waals surface area contributed by atoms with Crippen LogP contribution in [-0.2, 0) is 0 Å². The highest BCUT2D eigenvalue weighted by Crippen LogP contribution is 2.14. The van der Waals surface area contributed by atoms with Gasteiger partial charge in [-0.1, -0.05) is 90.9 Å². The van der Waals surface area contributed by atoms with Gasteiger partial charge in [-0.2, -0.15) is 0 Å². The third-order valence-corrected chi connectivity index (χ3v) is 4.87. The van der Waals surface area contributed by atoms with Crippen LogP contribution in [0.5, 0.6) is 0 Å². The first kappa shape index (κ1) is 28.5. The summed E-state index contributed by atoms with van der Waals surface area (Å²) >= 11 is 0. The first-order chi connectivity index (χ1) is 14.1. The van der Waals surface area contributed by atoms with E-state index in [1.807, 2.05) is 19.3 Å². The van der Waals surface area contributed by atoms with Gasteiger partial charge < -0.3 is 0 Å². The van der Waals surface area contributed by atoms with Gasteiger partial charge in [0.05, 0.1) is 0 Å². The molecule has 0 atom stereocenters. The molecule has 0 fully saturated rings. The van der Waals surface area contributed by atoms with Crippen molar-refractivity contribution >= 4 is 0 Å². The van der Waals surface area contributed by atoms with Crippen LogP contribution in [0.1, 0.15) is 100 Å². The lowest BCUT2D eigenvalue weighted by Crippen LogP contribution is -1.90. The molecule has 2 nitrogen and oxygen atoms in total. The van der Waals surface area contributed by atoms with Gasteiger partial charge in [0, 0.05) is 23.8 Å². The van der Waals surface area contributed by atoms with E-state index in [1.165, 1.54) is 27.9 Å². The van der Waals surface area contributed by atoms with Crippen LogP contribution in [0.3, 0.4) is 0 Å². The van der Waals surface area contributed by atoms with Crippen molar-refractivity contribution in [2.24, 2.45) is 0 Å². The van der Waals surface area contributed by atoms with Gasteiger partial charge in [0.25, 0.3) is 0 Å². The Hall–Kier alpha value is -2.48. The van der Waals surface area contributed by atoms with Crippen LogP contribution >= 0.6 is 0 Å². The molecule has 0 bridgehead atoms. The van der Waals surface area contributed by atoms with Crippen LogP contribution in [-0.4, -0.2) is 9.97 Å². The second-order valence-electron chi connectivity index (χ2n) is 8.87. The predicted octanol–water partition coefficient (Wildman–Crippen LogP) is 8.78. The first-order valence-corrected chi connectivity index (χ1v) is 11.0. The fourth-order valence-corrected chi connectivity index (χ4v) is 2.59. The molecular weight excluding hydrogens is 376 g/mol. The fraction of sp³-hybridized carbons (Fsp3) is 0.448. The number of hydrogen-bond acceptors (Lipinski definition) is 2. The molecule has 0 aliphatic heterocycles. The van der Waals surface area contributed by atoms with Gasteiger partial charge in [0.15, 0.2) is 0 Å². The third-order valence-electron chi connectivity index (χ3n) is 4.87. The van der Waals surface area contributed by atoms with Gasteiger partial charge in [0.1, 0.15) is 0 Å². The van der Waals surface area contributed by atoms with Gasteiger partial charge in [-0.05, 0) is 67.3 Å². The number of aryl methyl sites for hydroxylation is 3. The van der Waals surface area contributed by atoms with Crippen molar-refractivity contribution < 1.29 is 0 Å². The Morgan fingerprint density at radius 2 is 1.03 bits per heavy atom. The van der Waals surface area contributed by atoms with Crippen molar-refractivity contribution in [3.8, 4) is 0 Å². The van der Waals surface area contributed by atoms with Crippen molar-refractivity contribution in [3.05, 3.63) is 94.6 Å². The number of rotatable bonds is 3. The Balaban J connectivity index is 0.000000429. The lowest BCUT2D eigenvalue weighted by molar-refractivity contribution is 0.821. The van der Waals surface area contributed by atoms with Crippen molar-refractivity contribution in [2.45, 2.75) is 87.5 Å². The Morgan fingerprint density at radius 3 is 1.42 bits per heavy atom. The highest BCUT2D eigenvalue weighted by Gasteiger charge is 1.98. The highest BCUT2D eigenvalue weighted by molar-refractivity contribution is 5.23. The molecule has 0 saturated carbocycles. The summed E-state index contributed by atoms with van der Waals surface area (Å²) in [6, 6.07) is 17.1. The summed E-state index contributed by atoms with van der Waals surface area (Å²) < 4.78 is 0. The van der Waals surface area contributed by atoms with Gasteiger partial charge in [-0.15, -0.1) is 0 Å². The zero-order chi connectivity index (χ0) is 22.7. The van der Waals surface area contributed by atoms with Crippen molar-refractivity contribution in [3.63, 3.8) is 0 Å². The standard InChI is InChI=1S/C10H14.2C9H13N.CH4/c1-8(2)10-6-4-9(3)5-7-10;1-7(2)9-5-4-8(3)10-6-9;1-7(2)9-5-4-8(3)6-10-9;/h4-8H,1-3H3;2*4-7H,1-3H3;1H4. The average molecular weight is 421 g/mol. The van der Waals surface area contributed by atoms with Gasteiger partial charge in [-0.25, -0.2) is 0 Å². The zero-order valence-corrected chi connectivity index (χ0v) is 20.4. The van der Waals surface area contributed by atoms with Gasteiger partial charge >= 0.3 is 0 Å². The first-order valence-electron chi connectivity index (χ1n) is 11.0. The van der Waals surface area contributed by atoms with E-state index in [2.05, 4.69) is 114 Å². The molecule has 0 saturated heterocycles. The number of nitrogens with zero attached hydrogens (tertiary/aromatic N) is 2. The van der Waals surface area contributed by atoms with E-state index in [-0.39, 0.29) is 7.43 Å². The van der Waals surface area contributed by atoms with Crippen LogP contribution in [0.15, 0.2) is 60.9 Å². The molecule has 170 valence electrons. The van der Waals surface area contributed by atoms with E-state index in [4.69, 9.17) is 0 Å². The zero-order valence-electron chi connectivity index (χ0n) is 20.4. The highest BCUT2D eigenvalue weighted by atomic mass is 14.7. The van der Waals surface area contributed by atoms with E-state index in [0.29, 0.717) is 17.8 Å². The molecule has 0 N–H and O–H groups in total. The third kappa shape index (κ3) is 11.5. The molecule has 3 aromatic rings. The van der Waals surface area contributed by atoms with E-state index in [9.17, 15) is 0 Å². The Kier molecular flexibility index (Phi) is 13.4. The maximum atomic E-state index is 4.28. The molecule has 2 heteroatoms. The summed E-state index contributed by atoms with van der Waals surface area (Å²) in [5.41, 5.74) is 7.56. The molecule has 2 heterocycles. The fourth-order valence-electron chi connectivity index (χ4n) is 2.59. The summed E-state index contributed by atoms with van der Waals surface area (Å²) in [5.74, 6) is 1.79. The molecule has 0 aliphatic carbocycles. The Labute approximate surface area is 192 Å². The number of aromatic nitrogens is 2. The molecule has 0 amide bonds. The minimum Gasteiger partial charge on any atom is -0.261 e. The number of pyridine rings is 2. The Morgan fingerprint density at radius 1 is 0.516 bits per heavy atom. The smallest absolute Gasteiger partial charge is 0.0429 e. The van der Waals surface area contributed by atoms with Crippen LogP contribution in [0.2, 0.25) is 0 Å². The van der Waals surface area contributed by atoms with Crippen molar-refractivity contribution in [1.29, 1.82) is 0 Å². The van der Waals surface area contributed by atoms with Crippen LogP contribution in [0.4, 0.5) is 0 Å². The molecule has 1 aromatic carbocycles. The summed E-state index contributed by atoms with van der Waals surface area (Å²) in [5, 5.41) is 0. The van der Waals surface area contributed by atoms with Gasteiger partial charge in [-0.3, -0.25) is 9.97 Å². The second kappa shape index (κ2) is 14.5. The molecule has 0 spiro atoms. The van der Waals surface area contributed by atoms with Crippen LogP contribution in [0.25, 0.3) is 0 Å². The summed E-state index contributed by atoms with van der Waals surface area (Å²) in [6.45, 7) is 19.2. The molecule has 31 heavy (non-hydrogen) atoms. The molecule has 3 rings (SSSR count).